The summed E-state index contributed by atoms with van der Waals surface area (Å²) in [6, 6.07) is 9.94. The maximum atomic E-state index is 3.61. The number of hydrogen-bond donors (Lipinski definition) is 2. The van der Waals surface area contributed by atoms with Gasteiger partial charge in [-0.3, -0.25) is 0 Å². The van der Waals surface area contributed by atoms with Crippen molar-refractivity contribution in [2.75, 3.05) is 13.1 Å². The minimum atomic E-state index is 0.538. The summed E-state index contributed by atoms with van der Waals surface area (Å²) in [7, 11) is 0. The Morgan fingerprint density at radius 3 is 3.00 bits per heavy atom. The van der Waals surface area contributed by atoms with E-state index in [1.807, 2.05) is 0 Å². The Labute approximate surface area is 98.4 Å². The fourth-order valence-corrected chi connectivity index (χ4v) is 2.37. The molecule has 0 amide bonds. The first-order chi connectivity index (χ1) is 7.77. The summed E-state index contributed by atoms with van der Waals surface area (Å²) in [6.45, 7) is 6.59. The van der Waals surface area contributed by atoms with Crippen LogP contribution in [0, 0.1) is 0 Å². The maximum absolute atomic E-state index is 3.61. The molecule has 0 aliphatic carbocycles. The lowest BCUT2D eigenvalue weighted by molar-refractivity contribution is 0.447. The molecule has 1 heterocycles. The minimum Gasteiger partial charge on any atom is -0.314 e. The second-order valence-corrected chi connectivity index (χ2v) is 4.85. The number of rotatable bonds is 4. The molecule has 0 spiro atoms. The third-order valence-corrected chi connectivity index (χ3v) is 3.20. The molecule has 16 heavy (non-hydrogen) atoms. The van der Waals surface area contributed by atoms with Crippen molar-refractivity contribution >= 4 is 0 Å². The van der Waals surface area contributed by atoms with Crippen LogP contribution in [0.4, 0.5) is 0 Å². The lowest BCUT2D eigenvalue weighted by atomic mass is 9.92. The van der Waals surface area contributed by atoms with Crippen molar-refractivity contribution in [3.8, 4) is 0 Å². The molecule has 1 aliphatic heterocycles. The van der Waals surface area contributed by atoms with Crippen LogP contribution in [0.3, 0.4) is 0 Å². The van der Waals surface area contributed by atoms with Gasteiger partial charge in [-0.05, 0) is 37.1 Å². The van der Waals surface area contributed by atoms with Gasteiger partial charge in [-0.2, -0.15) is 0 Å². The second-order valence-electron chi connectivity index (χ2n) is 4.85. The van der Waals surface area contributed by atoms with Gasteiger partial charge < -0.3 is 10.6 Å². The summed E-state index contributed by atoms with van der Waals surface area (Å²) in [5.74, 6) is 0. The molecular weight excluding hydrogens is 196 g/mol. The van der Waals surface area contributed by atoms with Gasteiger partial charge in [0, 0.05) is 12.1 Å². The van der Waals surface area contributed by atoms with E-state index < -0.39 is 0 Å². The van der Waals surface area contributed by atoms with Crippen molar-refractivity contribution < 1.29 is 0 Å². The number of fused-ring (bicyclic) bond motifs is 1. The van der Waals surface area contributed by atoms with E-state index in [1.54, 1.807) is 0 Å². The molecule has 2 rings (SSSR count). The Balaban J connectivity index is 1.96. The Kier molecular flexibility index (Phi) is 3.97. The number of nitrogens with one attached hydrogen (secondary N) is 2. The predicted octanol–water partition coefficient (Wildman–Crippen LogP) is 2.26. The third kappa shape index (κ3) is 2.83. The van der Waals surface area contributed by atoms with Crippen molar-refractivity contribution in [3.63, 3.8) is 0 Å². The lowest BCUT2D eigenvalue weighted by Gasteiger charge is -2.27. The molecule has 2 N–H and O–H groups in total. The Bertz CT molecular complexity index is 333. The normalized spacial score (nSPS) is 19.8. The van der Waals surface area contributed by atoms with Crippen LogP contribution in [0.15, 0.2) is 24.3 Å². The smallest absolute Gasteiger partial charge is 0.0335 e. The van der Waals surface area contributed by atoms with Crippen LogP contribution in [0.5, 0.6) is 0 Å². The average molecular weight is 218 g/mol. The first kappa shape index (κ1) is 11.6. The summed E-state index contributed by atoms with van der Waals surface area (Å²) in [5, 5.41) is 7.09. The predicted molar refractivity (Wildman–Crippen MR) is 68.6 cm³/mol. The summed E-state index contributed by atoms with van der Waals surface area (Å²) >= 11 is 0. The standard InChI is InChI=1S/C14H22N2/c1-11(2)15-10-8-14-13-6-4-3-5-12(13)7-9-16-14/h3-6,11,14-16H,7-10H2,1-2H3. The molecule has 2 nitrogen and oxygen atoms in total. The highest BCUT2D eigenvalue weighted by atomic mass is 14.9. The van der Waals surface area contributed by atoms with Crippen LogP contribution < -0.4 is 10.6 Å². The topological polar surface area (TPSA) is 24.1 Å². The van der Waals surface area contributed by atoms with Crippen LogP contribution in [-0.4, -0.2) is 19.1 Å². The SMILES string of the molecule is CC(C)NCCC1NCCc2ccccc21. The van der Waals surface area contributed by atoms with Gasteiger partial charge in [0.1, 0.15) is 0 Å². The molecule has 1 unspecified atom stereocenters. The molecule has 88 valence electrons. The van der Waals surface area contributed by atoms with E-state index in [0.29, 0.717) is 12.1 Å². The fraction of sp³-hybridized carbons (Fsp3) is 0.571. The van der Waals surface area contributed by atoms with Crippen LogP contribution >= 0.6 is 0 Å². The molecule has 1 aromatic rings. The van der Waals surface area contributed by atoms with Gasteiger partial charge in [-0.15, -0.1) is 0 Å². The molecule has 2 heteroatoms. The second kappa shape index (κ2) is 5.46. The van der Waals surface area contributed by atoms with E-state index in [-0.39, 0.29) is 0 Å². The lowest BCUT2D eigenvalue weighted by Crippen LogP contribution is -2.33. The van der Waals surface area contributed by atoms with Crippen LogP contribution in [0.1, 0.15) is 37.4 Å². The fourth-order valence-electron chi connectivity index (χ4n) is 2.37. The maximum Gasteiger partial charge on any atom is 0.0335 e. The van der Waals surface area contributed by atoms with E-state index in [4.69, 9.17) is 0 Å². The van der Waals surface area contributed by atoms with E-state index >= 15 is 0 Å². The molecule has 1 atom stereocenters. The van der Waals surface area contributed by atoms with E-state index in [2.05, 4.69) is 48.7 Å². The highest BCUT2D eigenvalue weighted by Crippen LogP contribution is 2.24. The molecule has 1 aliphatic rings. The molecule has 0 saturated carbocycles. The van der Waals surface area contributed by atoms with Crippen molar-refractivity contribution in [3.05, 3.63) is 35.4 Å². The van der Waals surface area contributed by atoms with Gasteiger partial charge >= 0.3 is 0 Å². The monoisotopic (exact) mass is 218 g/mol. The van der Waals surface area contributed by atoms with Gasteiger partial charge in [0.15, 0.2) is 0 Å². The highest BCUT2D eigenvalue weighted by molar-refractivity contribution is 5.32. The summed E-state index contributed by atoms with van der Waals surface area (Å²) in [6.07, 6.45) is 2.35. The zero-order chi connectivity index (χ0) is 11.4. The zero-order valence-electron chi connectivity index (χ0n) is 10.3. The van der Waals surface area contributed by atoms with E-state index in [9.17, 15) is 0 Å². The van der Waals surface area contributed by atoms with Crippen molar-refractivity contribution in [2.24, 2.45) is 0 Å². The molecule has 0 aromatic heterocycles. The molecule has 0 saturated heterocycles. The average Bonchev–Trinajstić information content (AvgIpc) is 2.29. The summed E-state index contributed by atoms with van der Waals surface area (Å²) in [4.78, 5) is 0. The summed E-state index contributed by atoms with van der Waals surface area (Å²) in [5.41, 5.74) is 3.02. The quantitative estimate of drug-likeness (QED) is 0.810. The Morgan fingerprint density at radius 2 is 2.19 bits per heavy atom. The highest BCUT2D eigenvalue weighted by Gasteiger charge is 2.18. The first-order valence-corrected chi connectivity index (χ1v) is 6.32. The largest absolute Gasteiger partial charge is 0.314 e. The van der Waals surface area contributed by atoms with Gasteiger partial charge in [-0.1, -0.05) is 38.1 Å². The Morgan fingerprint density at radius 1 is 1.38 bits per heavy atom. The van der Waals surface area contributed by atoms with Crippen LogP contribution in [-0.2, 0) is 6.42 Å². The molecular formula is C14H22N2. The van der Waals surface area contributed by atoms with Crippen LogP contribution in [0.25, 0.3) is 0 Å². The minimum absolute atomic E-state index is 0.538. The van der Waals surface area contributed by atoms with Crippen molar-refractivity contribution in [1.82, 2.24) is 10.6 Å². The van der Waals surface area contributed by atoms with Gasteiger partial charge in [-0.25, -0.2) is 0 Å². The van der Waals surface area contributed by atoms with Crippen LogP contribution in [0.2, 0.25) is 0 Å². The van der Waals surface area contributed by atoms with Gasteiger partial charge in [0.2, 0.25) is 0 Å². The van der Waals surface area contributed by atoms with Gasteiger partial charge in [0.25, 0.3) is 0 Å². The van der Waals surface area contributed by atoms with Crippen molar-refractivity contribution in [2.45, 2.75) is 38.8 Å². The molecule has 0 radical (unpaired) electrons. The Hall–Kier alpha value is -0.860. The summed E-state index contributed by atoms with van der Waals surface area (Å²) < 4.78 is 0. The molecule has 0 fully saturated rings. The number of benzene rings is 1. The molecule has 1 aromatic carbocycles. The zero-order valence-corrected chi connectivity index (χ0v) is 10.3. The number of hydrogen-bond acceptors (Lipinski definition) is 2. The molecule has 0 bridgehead atoms. The van der Waals surface area contributed by atoms with E-state index in [1.165, 1.54) is 24.0 Å². The van der Waals surface area contributed by atoms with Gasteiger partial charge in [0.05, 0.1) is 0 Å². The third-order valence-electron chi connectivity index (χ3n) is 3.20. The van der Waals surface area contributed by atoms with E-state index in [0.717, 1.165) is 13.1 Å². The first-order valence-electron chi connectivity index (χ1n) is 6.32. The van der Waals surface area contributed by atoms with Crippen molar-refractivity contribution in [1.29, 1.82) is 0 Å².